The molecule has 1 atom stereocenters. The van der Waals surface area contributed by atoms with Crippen molar-refractivity contribution in [3.63, 3.8) is 0 Å². The lowest BCUT2D eigenvalue weighted by atomic mass is 10.1. The predicted octanol–water partition coefficient (Wildman–Crippen LogP) is 1.92. The number of nitrogens with one attached hydrogen (secondary N) is 1. The van der Waals surface area contributed by atoms with Gasteiger partial charge < -0.3 is 19.7 Å². The number of benzene rings is 1. The van der Waals surface area contributed by atoms with Crippen LogP contribution >= 0.6 is 0 Å². The van der Waals surface area contributed by atoms with Crippen LogP contribution in [0.1, 0.15) is 18.5 Å². The molecule has 18 heavy (non-hydrogen) atoms. The third-order valence-electron chi connectivity index (χ3n) is 2.92. The number of rotatable bonds is 7. The van der Waals surface area contributed by atoms with E-state index in [1.807, 2.05) is 33.3 Å². The van der Waals surface area contributed by atoms with Gasteiger partial charge in [0.05, 0.1) is 7.11 Å². The highest BCUT2D eigenvalue weighted by Gasteiger charge is 2.09. The van der Waals surface area contributed by atoms with E-state index in [1.54, 1.807) is 7.11 Å². The molecule has 0 aliphatic heterocycles. The highest BCUT2D eigenvalue weighted by molar-refractivity contribution is 5.43. The number of methoxy groups -OCH3 is 1. The lowest BCUT2D eigenvalue weighted by molar-refractivity contribution is 0.250. The zero-order valence-electron chi connectivity index (χ0n) is 12.0. The highest BCUT2D eigenvalue weighted by Crippen LogP contribution is 2.30. The van der Waals surface area contributed by atoms with Gasteiger partial charge in [0.2, 0.25) is 0 Å². The molecule has 0 radical (unpaired) electrons. The quantitative estimate of drug-likeness (QED) is 0.804. The number of hydrogen-bond donors (Lipinski definition) is 1. The zero-order valence-corrected chi connectivity index (χ0v) is 12.0. The first-order chi connectivity index (χ1) is 8.58. The molecule has 1 aromatic rings. The maximum Gasteiger partial charge on any atom is 0.161 e. The van der Waals surface area contributed by atoms with Gasteiger partial charge in [-0.25, -0.2) is 0 Å². The van der Waals surface area contributed by atoms with Crippen LogP contribution < -0.4 is 14.8 Å². The Morgan fingerprint density at radius 2 is 2.00 bits per heavy atom. The smallest absolute Gasteiger partial charge is 0.161 e. The van der Waals surface area contributed by atoms with Crippen LogP contribution in [0.25, 0.3) is 0 Å². The molecule has 0 aliphatic carbocycles. The summed E-state index contributed by atoms with van der Waals surface area (Å²) in [7, 11) is 7.66. The molecular weight excluding hydrogens is 228 g/mol. The fraction of sp³-hybridized carbons (Fsp3) is 0.571. The average Bonchev–Trinajstić information content (AvgIpc) is 2.37. The lowest BCUT2D eigenvalue weighted by Crippen LogP contribution is -2.19. The minimum Gasteiger partial charge on any atom is -0.493 e. The molecule has 1 N–H and O–H groups in total. The Morgan fingerprint density at radius 3 is 2.56 bits per heavy atom. The van der Waals surface area contributed by atoms with Gasteiger partial charge >= 0.3 is 0 Å². The summed E-state index contributed by atoms with van der Waals surface area (Å²) in [6.07, 6.45) is 0. The van der Waals surface area contributed by atoms with Crippen LogP contribution in [0.4, 0.5) is 0 Å². The van der Waals surface area contributed by atoms with Crippen LogP contribution in [0, 0.1) is 0 Å². The molecule has 0 heterocycles. The Morgan fingerprint density at radius 1 is 1.28 bits per heavy atom. The topological polar surface area (TPSA) is 33.7 Å². The standard InChI is InChI=1S/C14H24N2O2/c1-11(15-2)12-6-7-13(14(10-12)17-5)18-9-8-16(3)4/h6-7,10-11,15H,8-9H2,1-5H3. The van der Waals surface area contributed by atoms with Crippen molar-refractivity contribution in [2.75, 3.05) is 41.4 Å². The number of ether oxygens (including phenoxy) is 2. The van der Waals surface area contributed by atoms with Gasteiger partial charge in [-0.2, -0.15) is 0 Å². The molecule has 1 aromatic carbocycles. The minimum atomic E-state index is 0.301. The van der Waals surface area contributed by atoms with Gasteiger partial charge in [0.1, 0.15) is 6.61 Å². The fourth-order valence-corrected chi connectivity index (χ4v) is 1.58. The Bertz CT molecular complexity index is 367. The maximum atomic E-state index is 5.72. The monoisotopic (exact) mass is 252 g/mol. The van der Waals surface area contributed by atoms with Crippen molar-refractivity contribution in [2.45, 2.75) is 13.0 Å². The summed E-state index contributed by atoms with van der Waals surface area (Å²) in [5.41, 5.74) is 1.19. The molecule has 0 bridgehead atoms. The van der Waals surface area contributed by atoms with E-state index >= 15 is 0 Å². The molecule has 0 spiro atoms. The van der Waals surface area contributed by atoms with Crippen molar-refractivity contribution in [3.8, 4) is 11.5 Å². The van der Waals surface area contributed by atoms with Crippen molar-refractivity contribution in [1.82, 2.24) is 10.2 Å². The first-order valence-electron chi connectivity index (χ1n) is 6.21. The van der Waals surface area contributed by atoms with Crippen molar-refractivity contribution in [1.29, 1.82) is 0 Å². The SMILES string of the molecule is CNC(C)c1ccc(OCCN(C)C)c(OC)c1. The maximum absolute atomic E-state index is 5.72. The van der Waals surface area contributed by atoms with Gasteiger partial charge in [-0.15, -0.1) is 0 Å². The van der Waals surface area contributed by atoms with Gasteiger partial charge in [0, 0.05) is 12.6 Å². The van der Waals surface area contributed by atoms with E-state index in [0.29, 0.717) is 12.6 Å². The zero-order chi connectivity index (χ0) is 13.5. The van der Waals surface area contributed by atoms with E-state index in [2.05, 4.69) is 23.2 Å². The summed E-state index contributed by atoms with van der Waals surface area (Å²) in [6, 6.07) is 6.35. The van der Waals surface area contributed by atoms with Gasteiger partial charge in [0.15, 0.2) is 11.5 Å². The second-order valence-corrected chi connectivity index (χ2v) is 4.57. The summed E-state index contributed by atoms with van der Waals surface area (Å²) in [6.45, 7) is 3.66. The van der Waals surface area contributed by atoms with E-state index < -0.39 is 0 Å². The van der Waals surface area contributed by atoms with Gasteiger partial charge in [0.25, 0.3) is 0 Å². The van der Waals surface area contributed by atoms with Crippen LogP contribution in [0.5, 0.6) is 11.5 Å². The molecule has 0 aliphatic rings. The largest absolute Gasteiger partial charge is 0.493 e. The summed E-state index contributed by atoms with van der Waals surface area (Å²) < 4.78 is 11.1. The molecule has 4 heteroatoms. The first-order valence-corrected chi connectivity index (χ1v) is 6.21. The fourth-order valence-electron chi connectivity index (χ4n) is 1.58. The Balaban J connectivity index is 2.74. The van der Waals surface area contributed by atoms with Gasteiger partial charge in [-0.05, 0) is 45.8 Å². The van der Waals surface area contributed by atoms with E-state index in [0.717, 1.165) is 18.0 Å². The molecule has 1 rings (SSSR count). The second kappa shape index (κ2) is 7.24. The Hall–Kier alpha value is -1.26. The van der Waals surface area contributed by atoms with E-state index in [9.17, 15) is 0 Å². The normalized spacial score (nSPS) is 12.6. The second-order valence-electron chi connectivity index (χ2n) is 4.57. The van der Waals surface area contributed by atoms with Crippen molar-refractivity contribution < 1.29 is 9.47 Å². The van der Waals surface area contributed by atoms with Crippen LogP contribution in [-0.2, 0) is 0 Å². The Labute approximate surface area is 110 Å². The molecule has 1 unspecified atom stereocenters. The van der Waals surface area contributed by atoms with Crippen molar-refractivity contribution >= 4 is 0 Å². The van der Waals surface area contributed by atoms with Crippen LogP contribution in [-0.4, -0.2) is 46.3 Å². The Kier molecular flexibility index (Phi) is 5.95. The third kappa shape index (κ3) is 4.20. The molecule has 0 aromatic heterocycles. The lowest BCUT2D eigenvalue weighted by Gasteiger charge is -2.16. The van der Waals surface area contributed by atoms with Crippen LogP contribution in [0.15, 0.2) is 18.2 Å². The van der Waals surface area contributed by atoms with Crippen molar-refractivity contribution in [2.24, 2.45) is 0 Å². The van der Waals surface area contributed by atoms with Gasteiger partial charge in [-0.3, -0.25) is 0 Å². The van der Waals surface area contributed by atoms with Crippen LogP contribution in [0.3, 0.4) is 0 Å². The summed E-state index contributed by atoms with van der Waals surface area (Å²) in [4.78, 5) is 2.09. The minimum absolute atomic E-state index is 0.301. The number of likely N-dealkylation sites (N-methyl/N-ethyl adjacent to an activating group) is 1. The molecule has 0 saturated carbocycles. The van der Waals surface area contributed by atoms with E-state index in [4.69, 9.17) is 9.47 Å². The molecule has 0 saturated heterocycles. The summed E-state index contributed by atoms with van der Waals surface area (Å²) in [5, 5.41) is 3.21. The van der Waals surface area contributed by atoms with E-state index in [-0.39, 0.29) is 0 Å². The number of hydrogen-bond acceptors (Lipinski definition) is 4. The third-order valence-corrected chi connectivity index (χ3v) is 2.92. The molecular formula is C14H24N2O2. The van der Waals surface area contributed by atoms with Gasteiger partial charge in [-0.1, -0.05) is 6.07 Å². The average molecular weight is 252 g/mol. The molecule has 0 amide bonds. The molecule has 0 fully saturated rings. The summed E-state index contributed by atoms with van der Waals surface area (Å²) in [5.74, 6) is 1.58. The molecule has 4 nitrogen and oxygen atoms in total. The number of nitrogens with zero attached hydrogens (tertiary/aromatic N) is 1. The van der Waals surface area contributed by atoms with Crippen molar-refractivity contribution in [3.05, 3.63) is 23.8 Å². The van der Waals surface area contributed by atoms with E-state index in [1.165, 1.54) is 5.56 Å². The highest BCUT2D eigenvalue weighted by atomic mass is 16.5. The first kappa shape index (κ1) is 14.8. The molecule has 102 valence electrons. The summed E-state index contributed by atoms with van der Waals surface area (Å²) >= 11 is 0. The predicted molar refractivity (Wildman–Crippen MR) is 74.5 cm³/mol. The van der Waals surface area contributed by atoms with Crippen LogP contribution in [0.2, 0.25) is 0 Å².